The van der Waals surface area contributed by atoms with Crippen LogP contribution in [0.2, 0.25) is 0 Å². The van der Waals surface area contributed by atoms with Crippen LogP contribution in [0.4, 0.5) is 4.79 Å². The zero-order valence-electron chi connectivity index (χ0n) is 13.3. The summed E-state index contributed by atoms with van der Waals surface area (Å²) in [7, 11) is 1.94. The second kappa shape index (κ2) is 6.41. The van der Waals surface area contributed by atoms with E-state index in [0.29, 0.717) is 6.54 Å². The molecule has 0 fully saturated rings. The van der Waals surface area contributed by atoms with Crippen molar-refractivity contribution >= 4 is 6.09 Å². The highest BCUT2D eigenvalue weighted by molar-refractivity contribution is 5.68. The SMILES string of the molecule is CNC(C)(C)CCN(C(=O)OC(C)(C)C)C(C)C. The fraction of sp³-hybridized carbons (Fsp3) is 0.929. The Balaban J connectivity index is 4.54. The number of rotatable bonds is 5. The lowest BCUT2D eigenvalue weighted by Crippen LogP contribution is -2.45. The molecular weight excluding hydrogens is 228 g/mol. The summed E-state index contributed by atoms with van der Waals surface area (Å²) in [5.74, 6) is 0. The van der Waals surface area contributed by atoms with Gasteiger partial charge < -0.3 is 15.0 Å². The maximum Gasteiger partial charge on any atom is 0.410 e. The van der Waals surface area contributed by atoms with Crippen LogP contribution in [0.3, 0.4) is 0 Å². The molecule has 1 amide bonds. The highest BCUT2D eigenvalue weighted by Gasteiger charge is 2.26. The molecule has 4 heteroatoms. The highest BCUT2D eigenvalue weighted by atomic mass is 16.6. The minimum absolute atomic E-state index is 0.0230. The van der Waals surface area contributed by atoms with Crippen LogP contribution < -0.4 is 5.32 Å². The summed E-state index contributed by atoms with van der Waals surface area (Å²) in [6, 6.07) is 0.146. The van der Waals surface area contributed by atoms with Gasteiger partial charge in [0.15, 0.2) is 0 Å². The number of hydrogen-bond donors (Lipinski definition) is 1. The van der Waals surface area contributed by atoms with E-state index in [1.54, 1.807) is 4.90 Å². The molecule has 0 saturated heterocycles. The van der Waals surface area contributed by atoms with Crippen LogP contribution in [0.5, 0.6) is 0 Å². The summed E-state index contributed by atoms with van der Waals surface area (Å²) < 4.78 is 5.43. The molecule has 0 bridgehead atoms. The number of carbonyl (C=O) groups excluding carboxylic acids is 1. The Bertz CT molecular complexity index is 267. The van der Waals surface area contributed by atoms with Crippen LogP contribution in [0.25, 0.3) is 0 Å². The normalized spacial score (nSPS) is 12.7. The Morgan fingerprint density at radius 2 is 1.72 bits per heavy atom. The summed E-state index contributed by atoms with van der Waals surface area (Å²) in [5.41, 5.74) is -0.419. The quantitative estimate of drug-likeness (QED) is 0.824. The van der Waals surface area contributed by atoms with Gasteiger partial charge in [-0.15, -0.1) is 0 Å². The van der Waals surface area contributed by atoms with E-state index in [2.05, 4.69) is 19.2 Å². The van der Waals surface area contributed by atoms with Crippen molar-refractivity contribution in [3.8, 4) is 0 Å². The Labute approximate surface area is 112 Å². The molecule has 0 aromatic heterocycles. The standard InChI is InChI=1S/C14H30N2O2/c1-11(2)16(10-9-14(6,7)15-8)12(17)18-13(3,4)5/h11,15H,9-10H2,1-8H3. The lowest BCUT2D eigenvalue weighted by Gasteiger charge is -2.33. The molecule has 0 rings (SSSR count). The Kier molecular flexibility index (Phi) is 6.14. The molecule has 108 valence electrons. The molecule has 0 heterocycles. The monoisotopic (exact) mass is 258 g/mol. The van der Waals surface area contributed by atoms with Gasteiger partial charge in [0, 0.05) is 18.1 Å². The minimum atomic E-state index is -0.442. The van der Waals surface area contributed by atoms with Crippen molar-refractivity contribution in [2.75, 3.05) is 13.6 Å². The van der Waals surface area contributed by atoms with Crippen molar-refractivity contribution in [1.29, 1.82) is 0 Å². The summed E-state index contributed by atoms with van der Waals surface area (Å²) in [6.45, 7) is 14.6. The smallest absolute Gasteiger partial charge is 0.410 e. The summed E-state index contributed by atoms with van der Waals surface area (Å²) in [5, 5.41) is 3.24. The molecule has 0 aromatic rings. The molecule has 0 radical (unpaired) electrons. The van der Waals surface area contributed by atoms with Gasteiger partial charge in [-0.3, -0.25) is 0 Å². The fourth-order valence-electron chi connectivity index (χ4n) is 1.41. The molecule has 18 heavy (non-hydrogen) atoms. The molecule has 4 nitrogen and oxygen atoms in total. The van der Waals surface area contributed by atoms with Gasteiger partial charge in [-0.2, -0.15) is 0 Å². The second-order valence-electron chi connectivity index (χ2n) is 6.65. The van der Waals surface area contributed by atoms with Crippen molar-refractivity contribution < 1.29 is 9.53 Å². The van der Waals surface area contributed by atoms with E-state index in [4.69, 9.17) is 4.74 Å². The van der Waals surface area contributed by atoms with Crippen LogP contribution in [0.1, 0.15) is 54.9 Å². The van der Waals surface area contributed by atoms with Crippen LogP contribution in [-0.2, 0) is 4.74 Å². The van der Waals surface area contributed by atoms with Gasteiger partial charge in [0.05, 0.1) is 0 Å². The number of nitrogens with one attached hydrogen (secondary N) is 1. The van der Waals surface area contributed by atoms with Crippen LogP contribution >= 0.6 is 0 Å². The van der Waals surface area contributed by atoms with Gasteiger partial charge in [-0.1, -0.05) is 0 Å². The largest absolute Gasteiger partial charge is 0.444 e. The van der Waals surface area contributed by atoms with Gasteiger partial charge in [0.25, 0.3) is 0 Å². The van der Waals surface area contributed by atoms with E-state index in [1.807, 2.05) is 41.7 Å². The van der Waals surface area contributed by atoms with Crippen molar-refractivity contribution in [2.45, 2.75) is 72.1 Å². The highest BCUT2D eigenvalue weighted by Crippen LogP contribution is 2.15. The molecule has 1 N–H and O–H groups in total. The molecule has 0 saturated carbocycles. The van der Waals surface area contributed by atoms with E-state index in [9.17, 15) is 4.79 Å². The Morgan fingerprint density at radius 1 is 1.22 bits per heavy atom. The average molecular weight is 258 g/mol. The molecule has 0 aliphatic heterocycles. The minimum Gasteiger partial charge on any atom is -0.444 e. The lowest BCUT2D eigenvalue weighted by molar-refractivity contribution is 0.0177. The first-order valence-corrected chi connectivity index (χ1v) is 6.67. The number of nitrogens with zero attached hydrogens (tertiary/aromatic N) is 1. The van der Waals surface area contributed by atoms with E-state index >= 15 is 0 Å². The Hall–Kier alpha value is -0.770. The maximum absolute atomic E-state index is 12.1. The first-order valence-electron chi connectivity index (χ1n) is 6.67. The molecule has 0 aromatic carbocycles. The molecule has 0 spiro atoms. The topological polar surface area (TPSA) is 41.6 Å². The Morgan fingerprint density at radius 3 is 2.06 bits per heavy atom. The van der Waals surface area contributed by atoms with Gasteiger partial charge in [0.2, 0.25) is 0 Å². The van der Waals surface area contributed by atoms with Crippen LogP contribution in [0, 0.1) is 0 Å². The molecule has 0 aliphatic carbocycles. The molecule has 0 aliphatic rings. The lowest BCUT2D eigenvalue weighted by atomic mass is 10.0. The number of amides is 1. The second-order valence-corrected chi connectivity index (χ2v) is 6.65. The molecule has 0 unspecified atom stereocenters. The van der Waals surface area contributed by atoms with Crippen molar-refractivity contribution in [2.24, 2.45) is 0 Å². The maximum atomic E-state index is 12.1. The predicted molar refractivity (Wildman–Crippen MR) is 75.8 cm³/mol. The first kappa shape index (κ1) is 17.2. The molecular formula is C14H30N2O2. The van der Waals surface area contributed by atoms with Gasteiger partial charge >= 0.3 is 6.09 Å². The number of carbonyl (C=O) groups is 1. The average Bonchev–Trinajstić information content (AvgIpc) is 2.14. The summed E-state index contributed by atoms with van der Waals surface area (Å²) in [4.78, 5) is 13.9. The summed E-state index contributed by atoms with van der Waals surface area (Å²) in [6.07, 6.45) is 0.658. The summed E-state index contributed by atoms with van der Waals surface area (Å²) >= 11 is 0. The van der Waals surface area contributed by atoms with Crippen molar-refractivity contribution in [1.82, 2.24) is 10.2 Å². The van der Waals surface area contributed by atoms with Gasteiger partial charge in [-0.25, -0.2) is 4.79 Å². The van der Waals surface area contributed by atoms with Crippen LogP contribution in [0.15, 0.2) is 0 Å². The third-order valence-corrected chi connectivity index (χ3v) is 2.91. The van der Waals surface area contributed by atoms with Gasteiger partial charge in [0.1, 0.15) is 5.60 Å². The number of hydrogen-bond acceptors (Lipinski definition) is 3. The van der Waals surface area contributed by atoms with E-state index in [0.717, 1.165) is 6.42 Å². The van der Waals surface area contributed by atoms with Crippen molar-refractivity contribution in [3.05, 3.63) is 0 Å². The predicted octanol–water partition coefficient (Wildman–Crippen LogP) is 3.02. The zero-order chi connectivity index (χ0) is 14.6. The van der Waals surface area contributed by atoms with E-state index in [1.165, 1.54) is 0 Å². The fourth-order valence-corrected chi connectivity index (χ4v) is 1.41. The van der Waals surface area contributed by atoms with E-state index < -0.39 is 5.60 Å². The first-order chi connectivity index (χ1) is 7.98. The van der Waals surface area contributed by atoms with Crippen LogP contribution in [-0.4, -0.2) is 41.8 Å². The number of ether oxygens (including phenoxy) is 1. The van der Waals surface area contributed by atoms with Crippen molar-refractivity contribution in [3.63, 3.8) is 0 Å². The zero-order valence-corrected chi connectivity index (χ0v) is 13.3. The molecule has 0 atom stereocenters. The van der Waals surface area contributed by atoms with Gasteiger partial charge in [-0.05, 0) is 61.9 Å². The third kappa shape index (κ3) is 6.84. The van der Waals surface area contributed by atoms with E-state index in [-0.39, 0.29) is 17.7 Å². The third-order valence-electron chi connectivity index (χ3n) is 2.91.